The average Bonchev–Trinajstić information content (AvgIpc) is 2.71. The molecule has 4 rings (SSSR count). The monoisotopic (exact) mass is 392 g/mol. The standard InChI is InChI=1S/C23H18F2N2O2/c1-14-6-8-15(9-7-14)22-17-4-2-3-5-18(17)23(29)27(26-22)13-21(28)19-11-10-16(24)12-20(19)25/h2-12,21,28H,13H2,1H3. The van der Waals surface area contributed by atoms with E-state index in [0.717, 1.165) is 21.9 Å². The Labute approximate surface area is 165 Å². The molecule has 0 saturated heterocycles. The zero-order valence-electron chi connectivity index (χ0n) is 15.6. The SMILES string of the molecule is Cc1ccc(-c2nn(CC(O)c3ccc(F)cc3F)c(=O)c3ccccc23)cc1. The highest BCUT2D eigenvalue weighted by Crippen LogP contribution is 2.26. The minimum atomic E-state index is -1.35. The van der Waals surface area contributed by atoms with Crippen LogP contribution in [0, 0.1) is 18.6 Å². The Bertz CT molecular complexity index is 1250. The predicted molar refractivity (Wildman–Crippen MR) is 107 cm³/mol. The van der Waals surface area contributed by atoms with Gasteiger partial charge < -0.3 is 5.11 Å². The third-order valence-electron chi connectivity index (χ3n) is 4.86. The fourth-order valence-corrected chi connectivity index (χ4v) is 3.32. The number of halogens is 2. The minimum Gasteiger partial charge on any atom is -0.386 e. The number of hydrogen-bond acceptors (Lipinski definition) is 3. The molecular formula is C23H18F2N2O2. The van der Waals surface area contributed by atoms with Crippen LogP contribution in [0.2, 0.25) is 0 Å². The molecule has 6 heteroatoms. The molecule has 0 saturated carbocycles. The third-order valence-corrected chi connectivity index (χ3v) is 4.86. The summed E-state index contributed by atoms with van der Waals surface area (Å²) in [5, 5.41) is 16.1. The molecule has 0 aliphatic carbocycles. The van der Waals surface area contributed by atoms with E-state index < -0.39 is 23.3 Å². The van der Waals surface area contributed by atoms with Crippen LogP contribution in [0.1, 0.15) is 17.2 Å². The summed E-state index contributed by atoms with van der Waals surface area (Å²) in [6, 6.07) is 17.7. The van der Waals surface area contributed by atoms with Gasteiger partial charge in [-0.25, -0.2) is 13.5 Å². The summed E-state index contributed by atoms with van der Waals surface area (Å²) in [6.45, 7) is 1.72. The van der Waals surface area contributed by atoms with Crippen molar-refractivity contribution >= 4 is 10.8 Å². The highest BCUT2D eigenvalue weighted by molar-refractivity contribution is 5.93. The number of fused-ring (bicyclic) bond motifs is 1. The van der Waals surface area contributed by atoms with Gasteiger partial charge in [0.1, 0.15) is 17.7 Å². The molecule has 1 atom stereocenters. The molecule has 0 spiro atoms. The van der Waals surface area contributed by atoms with E-state index in [2.05, 4.69) is 5.10 Å². The molecule has 3 aromatic carbocycles. The Morgan fingerprint density at radius 1 is 1.00 bits per heavy atom. The summed E-state index contributed by atoms with van der Waals surface area (Å²) in [5.74, 6) is -1.61. The minimum absolute atomic E-state index is 0.0925. The van der Waals surface area contributed by atoms with Crippen LogP contribution in [-0.2, 0) is 6.54 Å². The maximum Gasteiger partial charge on any atom is 0.274 e. The molecule has 4 nitrogen and oxygen atoms in total. The smallest absolute Gasteiger partial charge is 0.274 e. The normalized spacial score (nSPS) is 12.3. The molecular weight excluding hydrogens is 374 g/mol. The number of aliphatic hydroxyl groups excluding tert-OH is 1. The second-order valence-corrected chi connectivity index (χ2v) is 6.93. The molecule has 4 aromatic rings. The van der Waals surface area contributed by atoms with Crippen LogP contribution in [0.15, 0.2) is 71.5 Å². The van der Waals surface area contributed by atoms with E-state index in [1.165, 1.54) is 6.07 Å². The van der Waals surface area contributed by atoms with Crippen molar-refractivity contribution in [1.29, 1.82) is 0 Å². The van der Waals surface area contributed by atoms with E-state index in [1.54, 1.807) is 12.1 Å². The first-order valence-electron chi connectivity index (χ1n) is 9.14. The van der Waals surface area contributed by atoms with Gasteiger partial charge in [0.25, 0.3) is 5.56 Å². The molecule has 1 aromatic heterocycles. The van der Waals surface area contributed by atoms with Gasteiger partial charge in [-0.3, -0.25) is 4.79 Å². The zero-order valence-corrected chi connectivity index (χ0v) is 15.6. The fourth-order valence-electron chi connectivity index (χ4n) is 3.32. The summed E-state index contributed by atoms with van der Waals surface area (Å²) in [6.07, 6.45) is -1.35. The van der Waals surface area contributed by atoms with Crippen molar-refractivity contribution in [1.82, 2.24) is 9.78 Å². The average molecular weight is 392 g/mol. The second kappa shape index (κ2) is 7.56. The van der Waals surface area contributed by atoms with Crippen LogP contribution >= 0.6 is 0 Å². The van der Waals surface area contributed by atoms with E-state index in [9.17, 15) is 18.7 Å². The van der Waals surface area contributed by atoms with Gasteiger partial charge >= 0.3 is 0 Å². The quantitative estimate of drug-likeness (QED) is 0.561. The van der Waals surface area contributed by atoms with Crippen molar-refractivity contribution in [2.75, 3.05) is 0 Å². The summed E-state index contributed by atoms with van der Waals surface area (Å²) in [7, 11) is 0. The third kappa shape index (κ3) is 3.67. The summed E-state index contributed by atoms with van der Waals surface area (Å²) in [5.41, 5.74) is 2.02. The first-order chi connectivity index (χ1) is 13.9. The van der Waals surface area contributed by atoms with Gasteiger partial charge in [-0.05, 0) is 19.1 Å². The fraction of sp³-hybridized carbons (Fsp3) is 0.130. The Morgan fingerprint density at radius 2 is 1.69 bits per heavy atom. The highest BCUT2D eigenvalue weighted by atomic mass is 19.1. The Morgan fingerprint density at radius 3 is 2.38 bits per heavy atom. The van der Waals surface area contributed by atoms with Crippen molar-refractivity contribution in [2.24, 2.45) is 0 Å². The van der Waals surface area contributed by atoms with Crippen LogP contribution in [0.25, 0.3) is 22.0 Å². The summed E-state index contributed by atoms with van der Waals surface area (Å²) in [4.78, 5) is 12.9. The number of aliphatic hydroxyl groups is 1. The van der Waals surface area contributed by atoms with Crippen LogP contribution in [0.3, 0.4) is 0 Å². The lowest BCUT2D eigenvalue weighted by Gasteiger charge is -2.15. The number of rotatable bonds is 4. The van der Waals surface area contributed by atoms with Crippen molar-refractivity contribution < 1.29 is 13.9 Å². The second-order valence-electron chi connectivity index (χ2n) is 6.93. The maximum atomic E-state index is 14.0. The lowest BCUT2D eigenvalue weighted by molar-refractivity contribution is 0.145. The van der Waals surface area contributed by atoms with Gasteiger partial charge in [0.2, 0.25) is 0 Å². The van der Waals surface area contributed by atoms with E-state index >= 15 is 0 Å². The van der Waals surface area contributed by atoms with E-state index in [4.69, 9.17) is 0 Å². The van der Waals surface area contributed by atoms with Crippen molar-refractivity contribution in [2.45, 2.75) is 19.6 Å². The van der Waals surface area contributed by atoms with Gasteiger partial charge in [0, 0.05) is 22.6 Å². The molecule has 0 radical (unpaired) electrons. The summed E-state index contributed by atoms with van der Waals surface area (Å²) < 4.78 is 28.3. The number of aromatic nitrogens is 2. The van der Waals surface area contributed by atoms with Crippen LogP contribution in [0.5, 0.6) is 0 Å². The molecule has 0 aliphatic rings. The Hall–Kier alpha value is -3.38. The van der Waals surface area contributed by atoms with Crippen molar-refractivity contribution in [3.63, 3.8) is 0 Å². The largest absolute Gasteiger partial charge is 0.386 e. The molecule has 0 bridgehead atoms. The van der Waals surface area contributed by atoms with Gasteiger partial charge in [-0.1, -0.05) is 54.1 Å². The van der Waals surface area contributed by atoms with E-state index in [1.807, 2.05) is 43.3 Å². The number of aryl methyl sites for hydroxylation is 1. The van der Waals surface area contributed by atoms with Crippen molar-refractivity contribution in [3.8, 4) is 11.3 Å². The molecule has 1 heterocycles. The number of benzene rings is 3. The van der Waals surface area contributed by atoms with E-state index in [-0.39, 0.29) is 12.1 Å². The van der Waals surface area contributed by atoms with Gasteiger partial charge in [0.05, 0.1) is 17.6 Å². The maximum absolute atomic E-state index is 14.0. The first-order valence-corrected chi connectivity index (χ1v) is 9.14. The lowest BCUT2D eigenvalue weighted by atomic mass is 10.0. The number of hydrogen-bond donors (Lipinski definition) is 1. The Kier molecular flexibility index (Phi) is 4.94. The highest BCUT2D eigenvalue weighted by Gasteiger charge is 2.18. The number of nitrogens with zero attached hydrogens (tertiary/aromatic N) is 2. The van der Waals surface area contributed by atoms with Gasteiger partial charge in [0.15, 0.2) is 0 Å². The van der Waals surface area contributed by atoms with Gasteiger partial charge in [-0.2, -0.15) is 5.10 Å². The van der Waals surface area contributed by atoms with Crippen LogP contribution in [-0.4, -0.2) is 14.9 Å². The van der Waals surface area contributed by atoms with Gasteiger partial charge in [-0.15, -0.1) is 0 Å². The molecule has 1 unspecified atom stereocenters. The summed E-state index contributed by atoms with van der Waals surface area (Å²) >= 11 is 0. The molecule has 0 fully saturated rings. The van der Waals surface area contributed by atoms with E-state index in [0.29, 0.717) is 22.5 Å². The van der Waals surface area contributed by atoms with Crippen LogP contribution in [0.4, 0.5) is 8.78 Å². The first kappa shape index (κ1) is 19.0. The topological polar surface area (TPSA) is 55.1 Å². The molecule has 146 valence electrons. The lowest BCUT2D eigenvalue weighted by Crippen LogP contribution is -2.27. The molecule has 0 amide bonds. The predicted octanol–water partition coefficient (Wildman–Crippen LogP) is 4.38. The molecule has 0 aliphatic heterocycles. The zero-order chi connectivity index (χ0) is 20.5. The Balaban J connectivity index is 1.83. The van der Waals surface area contributed by atoms with Crippen LogP contribution < -0.4 is 5.56 Å². The molecule has 29 heavy (non-hydrogen) atoms. The van der Waals surface area contributed by atoms with Crippen molar-refractivity contribution in [3.05, 3.63) is 99.8 Å². The molecule has 1 N–H and O–H groups in total.